The second-order valence-corrected chi connectivity index (χ2v) is 6.49. The lowest BCUT2D eigenvalue weighted by Crippen LogP contribution is -2.41. The van der Waals surface area contributed by atoms with E-state index in [1.807, 2.05) is 31.2 Å². The summed E-state index contributed by atoms with van der Waals surface area (Å²) >= 11 is 0. The SMILES string of the molecule is CC(C)Nc1cccc(CNC(=O)NC(C)CC(O)c2ccco2)c1. The van der Waals surface area contributed by atoms with Gasteiger partial charge in [-0.2, -0.15) is 0 Å². The van der Waals surface area contributed by atoms with Crippen molar-refractivity contribution in [3.8, 4) is 0 Å². The number of furan rings is 1. The second-order valence-electron chi connectivity index (χ2n) is 6.49. The molecule has 0 aliphatic carbocycles. The van der Waals surface area contributed by atoms with Crippen molar-refractivity contribution in [1.82, 2.24) is 10.6 Å². The Bertz CT molecular complexity index is 656. The van der Waals surface area contributed by atoms with Gasteiger partial charge in [-0.1, -0.05) is 12.1 Å². The number of nitrogens with one attached hydrogen (secondary N) is 3. The minimum atomic E-state index is -0.732. The monoisotopic (exact) mass is 345 g/mol. The van der Waals surface area contributed by atoms with Crippen molar-refractivity contribution in [3.63, 3.8) is 0 Å². The second kappa shape index (κ2) is 9.13. The Morgan fingerprint density at radius 1 is 1.20 bits per heavy atom. The standard InChI is InChI=1S/C19H27N3O3/c1-13(2)21-16-7-4-6-15(11-16)12-20-19(24)22-14(3)10-17(23)18-8-5-9-25-18/h4-9,11,13-14,17,21,23H,10,12H2,1-3H3,(H2,20,22,24). The Morgan fingerprint density at radius 2 is 2.00 bits per heavy atom. The van der Waals surface area contributed by atoms with E-state index in [0.717, 1.165) is 11.3 Å². The van der Waals surface area contributed by atoms with E-state index in [1.54, 1.807) is 12.1 Å². The molecule has 0 saturated heterocycles. The number of hydrogen-bond acceptors (Lipinski definition) is 4. The van der Waals surface area contributed by atoms with Gasteiger partial charge in [-0.05, 0) is 50.6 Å². The van der Waals surface area contributed by atoms with E-state index >= 15 is 0 Å². The molecule has 0 aliphatic rings. The van der Waals surface area contributed by atoms with Crippen LogP contribution in [-0.2, 0) is 6.54 Å². The Kier molecular flexibility index (Phi) is 6.89. The Balaban J connectivity index is 1.76. The summed E-state index contributed by atoms with van der Waals surface area (Å²) in [6, 6.07) is 11.3. The average molecular weight is 345 g/mol. The number of hydrogen-bond donors (Lipinski definition) is 4. The van der Waals surface area contributed by atoms with Crippen LogP contribution in [-0.4, -0.2) is 23.2 Å². The molecule has 1 aromatic carbocycles. The lowest BCUT2D eigenvalue weighted by atomic mass is 10.1. The minimum Gasteiger partial charge on any atom is -0.467 e. The molecular formula is C19H27N3O3. The molecule has 2 amide bonds. The number of aliphatic hydroxyl groups excluding tert-OH is 1. The summed E-state index contributed by atoms with van der Waals surface area (Å²) in [5, 5.41) is 19.0. The van der Waals surface area contributed by atoms with Crippen molar-refractivity contribution in [3.05, 3.63) is 54.0 Å². The number of anilines is 1. The zero-order valence-electron chi connectivity index (χ0n) is 15.0. The summed E-state index contributed by atoms with van der Waals surface area (Å²) in [6.07, 6.45) is 1.17. The number of aliphatic hydroxyl groups is 1. The van der Waals surface area contributed by atoms with E-state index in [1.165, 1.54) is 6.26 Å². The molecule has 1 heterocycles. The molecule has 0 spiro atoms. The maximum atomic E-state index is 12.0. The van der Waals surface area contributed by atoms with Crippen molar-refractivity contribution in [2.45, 2.75) is 51.9 Å². The van der Waals surface area contributed by atoms with Gasteiger partial charge in [-0.25, -0.2) is 4.79 Å². The maximum absolute atomic E-state index is 12.0. The van der Waals surface area contributed by atoms with E-state index in [9.17, 15) is 9.90 Å². The highest BCUT2D eigenvalue weighted by Crippen LogP contribution is 2.18. The molecule has 4 N–H and O–H groups in total. The third-order valence-corrected chi connectivity index (χ3v) is 3.66. The van der Waals surface area contributed by atoms with Crippen LogP contribution in [0.15, 0.2) is 47.1 Å². The van der Waals surface area contributed by atoms with Gasteiger partial charge in [0, 0.05) is 30.7 Å². The van der Waals surface area contributed by atoms with Gasteiger partial charge in [0.15, 0.2) is 0 Å². The van der Waals surface area contributed by atoms with Crippen LogP contribution >= 0.6 is 0 Å². The molecule has 1 aromatic heterocycles. The van der Waals surface area contributed by atoms with Crippen LogP contribution in [0.25, 0.3) is 0 Å². The molecule has 2 aromatic rings. The third-order valence-electron chi connectivity index (χ3n) is 3.66. The van der Waals surface area contributed by atoms with Gasteiger partial charge >= 0.3 is 6.03 Å². The molecule has 0 radical (unpaired) electrons. The number of rotatable bonds is 8. The molecule has 0 bridgehead atoms. The molecule has 2 unspecified atom stereocenters. The summed E-state index contributed by atoms with van der Waals surface area (Å²) in [7, 11) is 0. The highest BCUT2D eigenvalue weighted by atomic mass is 16.4. The number of amides is 2. The number of urea groups is 1. The van der Waals surface area contributed by atoms with E-state index in [0.29, 0.717) is 24.8 Å². The number of carbonyl (C=O) groups excluding carboxylic acids is 1. The van der Waals surface area contributed by atoms with Gasteiger partial charge in [0.1, 0.15) is 11.9 Å². The Hall–Kier alpha value is -2.47. The minimum absolute atomic E-state index is 0.186. The molecule has 6 nitrogen and oxygen atoms in total. The lowest BCUT2D eigenvalue weighted by Gasteiger charge is -2.17. The third kappa shape index (κ3) is 6.51. The van der Waals surface area contributed by atoms with Crippen LogP contribution in [0.5, 0.6) is 0 Å². The lowest BCUT2D eigenvalue weighted by molar-refractivity contribution is 0.129. The fraction of sp³-hybridized carbons (Fsp3) is 0.421. The summed E-state index contributed by atoms with van der Waals surface area (Å²) in [4.78, 5) is 12.0. The first-order chi connectivity index (χ1) is 11.9. The van der Waals surface area contributed by atoms with Crippen LogP contribution in [0.1, 0.15) is 44.6 Å². The maximum Gasteiger partial charge on any atom is 0.315 e. The summed E-state index contributed by atoms with van der Waals surface area (Å²) < 4.78 is 5.16. The van der Waals surface area contributed by atoms with Crippen LogP contribution in [0, 0.1) is 0 Å². The number of benzene rings is 1. The van der Waals surface area contributed by atoms with Gasteiger partial charge in [0.2, 0.25) is 0 Å². The summed E-state index contributed by atoms with van der Waals surface area (Å²) in [6.45, 7) is 6.44. The molecule has 0 fully saturated rings. The smallest absolute Gasteiger partial charge is 0.315 e. The Labute approximate surface area is 148 Å². The van der Waals surface area contributed by atoms with Gasteiger partial charge in [-0.3, -0.25) is 0 Å². The molecule has 2 atom stereocenters. The van der Waals surface area contributed by atoms with E-state index in [2.05, 4.69) is 29.8 Å². The molecule has 6 heteroatoms. The molecule has 25 heavy (non-hydrogen) atoms. The predicted octanol–water partition coefficient (Wildman–Crippen LogP) is 3.41. The van der Waals surface area contributed by atoms with Gasteiger partial charge < -0.3 is 25.5 Å². The van der Waals surface area contributed by atoms with Crippen LogP contribution < -0.4 is 16.0 Å². The fourth-order valence-electron chi connectivity index (χ4n) is 2.55. The van der Waals surface area contributed by atoms with Crippen molar-refractivity contribution in [2.75, 3.05) is 5.32 Å². The largest absolute Gasteiger partial charge is 0.467 e. The van der Waals surface area contributed by atoms with Crippen LogP contribution in [0.2, 0.25) is 0 Å². The molecule has 0 saturated carbocycles. The summed E-state index contributed by atoms with van der Waals surface area (Å²) in [5.74, 6) is 0.503. The predicted molar refractivity (Wildman–Crippen MR) is 98.3 cm³/mol. The quantitative estimate of drug-likeness (QED) is 0.590. The van der Waals surface area contributed by atoms with Gasteiger partial charge in [0.25, 0.3) is 0 Å². The first-order valence-corrected chi connectivity index (χ1v) is 8.55. The number of carbonyl (C=O) groups is 1. The van der Waals surface area contributed by atoms with E-state index < -0.39 is 6.10 Å². The first-order valence-electron chi connectivity index (χ1n) is 8.55. The fourth-order valence-corrected chi connectivity index (χ4v) is 2.55. The first kappa shape index (κ1) is 18.9. The van der Waals surface area contributed by atoms with Gasteiger partial charge in [-0.15, -0.1) is 0 Å². The van der Waals surface area contributed by atoms with Crippen LogP contribution in [0.4, 0.5) is 10.5 Å². The highest BCUT2D eigenvalue weighted by molar-refractivity contribution is 5.74. The highest BCUT2D eigenvalue weighted by Gasteiger charge is 2.16. The normalized spacial score (nSPS) is 13.3. The molecule has 136 valence electrons. The molecule has 2 rings (SSSR count). The topological polar surface area (TPSA) is 86.5 Å². The van der Waals surface area contributed by atoms with Crippen molar-refractivity contribution in [2.24, 2.45) is 0 Å². The molecule has 0 aliphatic heterocycles. The van der Waals surface area contributed by atoms with E-state index in [4.69, 9.17) is 4.42 Å². The van der Waals surface area contributed by atoms with Crippen molar-refractivity contribution < 1.29 is 14.3 Å². The summed E-state index contributed by atoms with van der Waals surface area (Å²) in [5.41, 5.74) is 2.05. The van der Waals surface area contributed by atoms with Crippen LogP contribution in [0.3, 0.4) is 0 Å². The van der Waals surface area contributed by atoms with Gasteiger partial charge in [0.05, 0.1) is 6.26 Å². The zero-order chi connectivity index (χ0) is 18.2. The van der Waals surface area contributed by atoms with Crippen molar-refractivity contribution in [1.29, 1.82) is 0 Å². The van der Waals surface area contributed by atoms with Crippen molar-refractivity contribution >= 4 is 11.7 Å². The Morgan fingerprint density at radius 3 is 2.68 bits per heavy atom. The van der Waals surface area contributed by atoms with E-state index in [-0.39, 0.29) is 12.1 Å². The molecular weight excluding hydrogens is 318 g/mol. The zero-order valence-corrected chi connectivity index (χ0v) is 15.0. The average Bonchev–Trinajstić information content (AvgIpc) is 3.07.